The third-order valence-corrected chi connectivity index (χ3v) is 3.76. The molecule has 10 heteroatoms. The summed E-state index contributed by atoms with van der Waals surface area (Å²) < 4.78 is 93.4. The summed E-state index contributed by atoms with van der Waals surface area (Å²) in [6.07, 6.45) is -6.39. The zero-order chi connectivity index (χ0) is 16.7. The molecule has 0 spiro atoms. The number of hydrogen-bond acceptors (Lipinski definition) is 3. The van der Waals surface area contributed by atoms with E-state index in [0.29, 0.717) is 0 Å². The van der Waals surface area contributed by atoms with Crippen LogP contribution in [0.2, 0.25) is 0 Å². The molecule has 0 aromatic heterocycles. The molecule has 0 fully saturated rings. The highest BCUT2D eigenvalue weighted by molar-refractivity contribution is 8.00. The van der Waals surface area contributed by atoms with E-state index in [4.69, 9.17) is 0 Å². The number of benzene rings is 1. The van der Waals surface area contributed by atoms with Gasteiger partial charge in [0.15, 0.2) is 0 Å². The van der Waals surface area contributed by atoms with Crippen molar-refractivity contribution >= 4 is 11.8 Å². The van der Waals surface area contributed by atoms with Gasteiger partial charge in [-0.1, -0.05) is 0 Å². The molecule has 1 aromatic carbocycles. The molecule has 0 aliphatic heterocycles. The molecule has 124 valence electrons. The highest BCUT2D eigenvalue weighted by Gasteiger charge is 2.50. The zero-order valence-corrected chi connectivity index (χ0v) is 11.4. The molecule has 0 saturated heterocycles. The Hall–Kier alpha value is -1.16. The molecular formula is C12H9F7O2S. The highest BCUT2D eigenvalue weighted by Crippen LogP contribution is 2.52. The fourth-order valence-corrected chi connectivity index (χ4v) is 2.88. The normalized spacial score (nSPS) is 20.3. The summed E-state index contributed by atoms with van der Waals surface area (Å²) in [6.45, 7) is -1.08. The van der Waals surface area contributed by atoms with E-state index < -0.39 is 59.2 Å². The summed E-state index contributed by atoms with van der Waals surface area (Å²) >= 11 is -0.653. The van der Waals surface area contributed by atoms with Crippen LogP contribution in [-0.4, -0.2) is 29.6 Å². The maximum absolute atomic E-state index is 13.6. The van der Waals surface area contributed by atoms with Crippen LogP contribution in [0.3, 0.4) is 0 Å². The minimum absolute atomic E-state index is 0.377. The molecule has 0 radical (unpaired) electrons. The predicted molar refractivity (Wildman–Crippen MR) is 63.5 cm³/mol. The number of thioether (sulfide) groups is 1. The van der Waals surface area contributed by atoms with Crippen molar-refractivity contribution in [1.82, 2.24) is 0 Å². The average molecular weight is 350 g/mol. The van der Waals surface area contributed by atoms with E-state index in [1.165, 1.54) is 0 Å². The van der Waals surface area contributed by atoms with E-state index in [-0.39, 0.29) is 11.3 Å². The Morgan fingerprint density at radius 1 is 1.32 bits per heavy atom. The number of ether oxygens (including phenoxy) is 1. The average Bonchev–Trinajstić information content (AvgIpc) is 2.58. The van der Waals surface area contributed by atoms with Gasteiger partial charge in [-0.25, -0.2) is 17.6 Å². The molecule has 22 heavy (non-hydrogen) atoms. The highest BCUT2D eigenvalue weighted by atomic mass is 32.2. The smallest absolute Gasteiger partial charge is 0.446 e. The standard InChI is InChI=1S/C12H9F7O2S/c13-8(14)4-21-6-1-2-7(22-12(17,18)19)9-5(6)3-11(15,16)10(9)20/h1-2,8,10,20H,3-4H2/t10-/m0/s1. The van der Waals surface area contributed by atoms with Gasteiger partial charge in [0.2, 0.25) is 0 Å². The van der Waals surface area contributed by atoms with Gasteiger partial charge in [0.25, 0.3) is 12.3 Å². The number of fused-ring (bicyclic) bond motifs is 1. The minimum Gasteiger partial charge on any atom is -0.487 e. The SMILES string of the molecule is O[C@H]1c2c(SC(F)(F)F)ccc(OCC(F)F)c2CC1(F)F. The Morgan fingerprint density at radius 3 is 2.50 bits per heavy atom. The molecule has 1 atom stereocenters. The summed E-state index contributed by atoms with van der Waals surface area (Å²) in [4.78, 5) is -0.600. The molecular weight excluding hydrogens is 341 g/mol. The quantitative estimate of drug-likeness (QED) is 0.653. The van der Waals surface area contributed by atoms with Gasteiger partial charge in [-0.3, -0.25) is 0 Å². The van der Waals surface area contributed by atoms with Gasteiger partial charge >= 0.3 is 5.51 Å². The number of halogens is 7. The molecule has 0 saturated carbocycles. The minimum atomic E-state index is -4.74. The van der Waals surface area contributed by atoms with Crippen molar-refractivity contribution in [1.29, 1.82) is 0 Å². The van der Waals surface area contributed by atoms with Crippen LogP contribution in [0.15, 0.2) is 17.0 Å². The first-order valence-corrected chi connectivity index (χ1v) is 6.71. The van der Waals surface area contributed by atoms with Crippen molar-refractivity contribution in [2.24, 2.45) is 0 Å². The third kappa shape index (κ3) is 3.60. The Balaban J connectivity index is 2.43. The molecule has 1 aromatic rings. The van der Waals surface area contributed by atoms with Crippen LogP contribution in [0.5, 0.6) is 5.75 Å². The van der Waals surface area contributed by atoms with Gasteiger partial charge in [-0.2, -0.15) is 13.2 Å². The molecule has 0 amide bonds. The number of hydrogen-bond donors (Lipinski definition) is 1. The number of alkyl halides is 7. The van der Waals surface area contributed by atoms with Crippen LogP contribution in [0.1, 0.15) is 17.2 Å². The molecule has 1 aliphatic rings. The van der Waals surface area contributed by atoms with Gasteiger partial charge in [-0.15, -0.1) is 0 Å². The lowest BCUT2D eigenvalue weighted by Crippen LogP contribution is -2.21. The van der Waals surface area contributed by atoms with Gasteiger partial charge in [0.05, 0.1) is 0 Å². The Morgan fingerprint density at radius 2 is 1.95 bits per heavy atom. The molecule has 0 heterocycles. The van der Waals surface area contributed by atoms with E-state index in [1.807, 2.05) is 0 Å². The first kappa shape index (κ1) is 17.2. The van der Waals surface area contributed by atoms with Crippen molar-refractivity contribution in [3.8, 4) is 5.75 Å². The maximum atomic E-state index is 13.6. The predicted octanol–water partition coefficient (Wildman–Crippen LogP) is 4.17. The summed E-state index contributed by atoms with van der Waals surface area (Å²) in [6, 6.07) is 1.74. The van der Waals surface area contributed by atoms with Crippen LogP contribution < -0.4 is 4.74 Å². The van der Waals surface area contributed by atoms with Crippen LogP contribution in [0.25, 0.3) is 0 Å². The Labute approximate surface area is 124 Å². The molecule has 2 rings (SSSR count). The van der Waals surface area contributed by atoms with E-state index in [1.54, 1.807) is 0 Å². The van der Waals surface area contributed by atoms with Crippen LogP contribution in [0, 0.1) is 0 Å². The van der Waals surface area contributed by atoms with Crippen LogP contribution in [-0.2, 0) is 6.42 Å². The van der Waals surface area contributed by atoms with Gasteiger partial charge < -0.3 is 9.84 Å². The lowest BCUT2D eigenvalue weighted by atomic mass is 10.1. The molecule has 2 nitrogen and oxygen atoms in total. The summed E-state index contributed by atoms with van der Waals surface area (Å²) in [5, 5.41) is 9.55. The van der Waals surface area contributed by atoms with E-state index in [9.17, 15) is 35.8 Å². The molecule has 0 unspecified atom stereocenters. The molecule has 1 N–H and O–H groups in total. The first-order chi connectivity index (χ1) is 10.0. The van der Waals surface area contributed by atoms with E-state index in [2.05, 4.69) is 4.74 Å². The van der Waals surface area contributed by atoms with Crippen LogP contribution >= 0.6 is 11.8 Å². The first-order valence-electron chi connectivity index (χ1n) is 5.89. The van der Waals surface area contributed by atoms with Crippen molar-refractivity contribution < 1.29 is 40.6 Å². The zero-order valence-electron chi connectivity index (χ0n) is 10.6. The second-order valence-electron chi connectivity index (χ2n) is 4.54. The third-order valence-electron chi connectivity index (χ3n) is 2.95. The van der Waals surface area contributed by atoms with Crippen molar-refractivity contribution in [3.05, 3.63) is 23.3 Å². The largest absolute Gasteiger partial charge is 0.487 e. The van der Waals surface area contributed by atoms with Gasteiger partial charge in [0, 0.05) is 22.4 Å². The second-order valence-corrected chi connectivity index (χ2v) is 5.65. The fraction of sp³-hybridized carbons (Fsp3) is 0.500. The Kier molecular flexibility index (Phi) is 4.54. The van der Waals surface area contributed by atoms with Crippen LogP contribution in [0.4, 0.5) is 30.7 Å². The Bertz CT molecular complexity index is 559. The van der Waals surface area contributed by atoms with Crippen molar-refractivity contribution in [3.63, 3.8) is 0 Å². The van der Waals surface area contributed by atoms with Crippen molar-refractivity contribution in [2.45, 2.75) is 35.3 Å². The van der Waals surface area contributed by atoms with Gasteiger partial charge in [0.1, 0.15) is 18.5 Å². The topological polar surface area (TPSA) is 29.5 Å². The lowest BCUT2D eigenvalue weighted by Gasteiger charge is -2.17. The van der Waals surface area contributed by atoms with E-state index in [0.717, 1.165) is 12.1 Å². The molecule has 0 bridgehead atoms. The fourth-order valence-electron chi connectivity index (χ4n) is 2.15. The van der Waals surface area contributed by atoms with Crippen molar-refractivity contribution in [2.75, 3.05) is 6.61 Å². The summed E-state index contributed by atoms with van der Waals surface area (Å²) in [5.41, 5.74) is -5.75. The monoisotopic (exact) mass is 350 g/mol. The summed E-state index contributed by atoms with van der Waals surface area (Å²) in [5.74, 6) is -4.06. The maximum Gasteiger partial charge on any atom is 0.446 e. The lowest BCUT2D eigenvalue weighted by molar-refractivity contribution is -0.0977. The van der Waals surface area contributed by atoms with Gasteiger partial charge in [-0.05, 0) is 23.9 Å². The number of aliphatic hydroxyl groups is 1. The van der Waals surface area contributed by atoms with E-state index >= 15 is 0 Å². The summed E-state index contributed by atoms with van der Waals surface area (Å²) in [7, 11) is 0. The number of aliphatic hydroxyl groups excluding tert-OH is 1. The molecule has 1 aliphatic carbocycles. The second kappa shape index (κ2) is 5.80. The number of rotatable bonds is 4.